The number of aromatic amines is 1. The van der Waals surface area contributed by atoms with Crippen molar-refractivity contribution in [3.05, 3.63) is 59.0 Å². The third kappa shape index (κ3) is 2.91. The van der Waals surface area contributed by atoms with Crippen molar-refractivity contribution >= 4 is 16.8 Å². The highest BCUT2D eigenvalue weighted by atomic mass is 19.1. The van der Waals surface area contributed by atoms with Gasteiger partial charge in [0.05, 0.1) is 20.3 Å². The van der Waals surface area contributed by atoms with Gasteiger partial charge >= 0.3 is 0 Å². The van der Waals surface area contributed by atoms with Crippen LogP contribution in [0.3, 0.4) is 0 Å². The summed E-state index contributed by atoms with van der Waals surface area (Å²) in [7, 11) is 3.22. The van der Waals surface area contributed by atoms with E-state index >= 15 is 0 Å². The molecule has 1 aromatic heterocycles. The smallest absolute Gasteiger partial charge is 0.270 e. The minimum absolute atomic E-state index is 0.0976. The molecule has 0 unspecified atom stereocenters. The van der Waals surface area contributed by atoms with E-state index in [2.05, 4.69) is 4.98 Å². The number of aromatic nitrogens is 1. The first-order valence-electron chi connectivity index (χ1n) is 8.86. The molecule has 3 aromatic rings. The van der Waals surface area contributed by atoms with Crippen molar-refractivity contribution < 1.29 is 18.7 Å². The molecular formula is C21H21FN2O3. The number of fused-ring (bicyclic) bond motifs is 2. The fraction of sp³-hybridized carbons (Fsp3) is 0.286. The van der Waals surface area contributed by atoms with Crippen LogP contribution in [0.2, 0.25) is 0 Å². The molecule has 0 fully saturated rings. The molecule has 140 valence electrons. The Bertz CT molecular complexity index is 1030. The Morgan fingerprint density at radius 2 is 1.89 bits per heavy atom. The molecule has 6 heteroatoms. The van der Waals surface area contributed by atoms with Crippen molar-refractivity contribution in [1.82, 2.24) is 9.88 Å². The predicted molar refractivity (Wildman–Crippen MR) is 101 cm³/mol. The molecule has 5 nitrogen and oxygen atoms in total. The number of carbonyl (C=O) groups excluding carboxylic acids is 1. The van der Waals surface area contributed by atoms with Crippen LogP contribution in [0.25, 0.3) is 10.9 Å². The lowest BCUT2D eigenvalue weighted by molar-refractivity contribution is 0.0672. The van der Waals surface area contributed by atoms with E-state index in [1.165, 1.54) is 12.1 Å². The maximum atomic E-state index is 13.4. The molecule has 2 aromatic carbocycles. The Kier molecular flexibility index (Phi) is 4.26. The topological polar surface area (TPSA) is 54.6 Å². The number of H-pyrrole nitrogens is 1. The van der Waals surface area contributed by atoms with Crippen LogP contribution >= 0.6 is 0 Å². The molecular weight excluding hydrogens is 347 g/mol. The number of nitrogens with one attached hydrogen (secondary N) is 1. The van der Waals surface area contributed by atoms with Crippen molar-refractivity contribution in [2.24, 2.45) is 0 Å². The summed E-state index contributed by atoms with van der Waals surface area (Å²) >= 11 is 0. The number of amides is 1. The Labute approximate surface area is 156 Å². The van der Waals surface area contributed by atoms with E-state index in [4.69, 9.17) is 9.47 Å². The van der Waals surface area contributed by atoms with Crippen LogP contribution in [-0.4, -0.2) is 36.6 Å². The standard InChI is InChI=1S/C21H21FN2O3/c1-12-16-11-20(27-3)19(26-2)10-13(16)6-7-24(12)21(25)18-9-14-8-15(22)4-5-17(14)23-18/h4-5,8-12,23H,6-7H2,1-3H3/t12-/m0/s1. The van der Waals surface area contributed by atoms with Gasteiger partial charge in [-0.3, -0.25) is 4.79 Å². The molecule has 0 aliphatic carbocycles. The van der Waals surface area contributed by atoms with Gasteiger partial charge in [0.1, 0.15) is 11.5 Å². The molecule has 1 atom stereocenters. The number of methoxy groups -OCH3 is 2. The summed E-state index contributed by atoms with van der Waals surface area (Å²) in [6, 6.07) is 9.98. The number of halogens is 1. The van der Waals surface area contributed by atoms with Crippen LogP contribution in [0.4, 0.5) is 4.39 Å². The lowest BCUT2D eigenvalue weighted by Crippen LogP contribution is -2.39. The number of hydrogen-bond acceptors (Lipinski definition) is 3. The van der Waals surface area contributed by atoms with Gasteiger partial charge in [0.25, 0.3) is 5.91 Å². The Hall–Kier alpha value is -3.02. The largest absolute Gasteiger partial charge is 0.493 e. The van der Waals surface area contributed by atoms with E-state index in [9.17, 15) is 9.18 Å². The van der Waals surface area contributed by atoms with Gasteiger partial charge in [-0.2, -0.15) is 0 Å². The molecule has 0 radical (unpaired) electrons. The number of hydrogen-bond donors (Lipinski definition) is 1. The van der Waals surface area contributed by atoms with Crippen LogP contribution in [0, 0.1) is 5.82 Å². The molecule has 0 spiro atoms. The summed E-state index contributed by atoms with van der Waals surface area (Å²) in [6.45, 7) is 2.61. The molecule has 2 heterocycles. The Morgan fingerprint density at radius 1 is 1.15 bits per heavy atom. The number of carbonyl (C=O) groups is 1. The molecule has 0 saturated carbocycles. The quantitative estimate of drug-likeness (QED) is 0.758. The highest BCUT2D eigenvalue weighted by Crippen LogP contribution is 2.38. The van der Waals surface area contributed by atoms with E-state index in [0.29, 0.717) is 29.1 Å². The second-order valence-electron chi connectivity index (χ2n) is 6.75. The lowest BCUT2D eigenvalue weighted by Gasteiger charge is -2.35. The first kappa shape index (κ1) is 17.4. The first-order valence-corrected chi connectivity index (χ1v) is 8.86. The lowest BCUT2D eigenvalue weighted by atomic mass is 9.92. The highest BCUT2D eigenvalue weighted by Gasteiger charge is 2.30. The SMILES string of the molecule is COc1cc2c(cc1OC)[C@H](C)N(C(=O)c1cc3cc(F)ccc3[nH]1)CC2. The van der Waals surface area contributed by atoms with Gasteiger partial charge in [-0.25, -0.2) is 4.39 Å². The van der Waals surface area contributed by atoms with E-state index in [0.717, 1.165) is 23.1 Å². The molecule has 27 heavy (non-hydrogen) atoms. The van der Waals surface area contributed by atoms with Crippen molar-refractivity contribution in [3.63, 3.8) is 0 Å². The number of rotatable bonds is 3. The van der Waals surface area contributed by atoms with Gasteiger partial charge in [-0.15, -0.1) is 0 Å². The van der Waals surface area contributed by atoms with Gasteiger partial charge < -0.3 is 19.4 Å². The summed E-state index contributed by atoms with van der Waals surface area (Å²) in [6.07, 6.45) is 0.737. The molecule has 1 N–H and O–H groups in total. The van der Waals surface area contributed by atoms with Gasteiger partial charge in [-0.05, 0) is 60.9 Å². The van der Waals surface area contributed by atoms with E-state index < -0.39 is 0 Å². The van der Waals surface area contributed by atoms with Crippen LogP contribution < -0.4 is 9.47 Å². The van der Waals surface area contributed by atoms with Crippen LogP contribution in [0.15, 0.2) is 36.4 Å². The number of ether oxygens (including phenoxy) is 2. The maximum Gasteiger partial charge on any atom is 0.270 e. The van der Waals surface area contributed by atoms with Crippen LogP contribution in [0.1, 0.15) is 34.6 Å². The van der Waals surface area contributed by atoms with Crippen molar-refractivity contribution in [3.8, 4) is 11.5 Å². The highest BCUT2D eigenvalue weighted by molar-refractivity contribution is 5.98. The maximum absolute atomic E-state index is 13.4. The van der Waals surface area contributed by atoms with Crippen LogP contribution in [0.5, 0.6) is 11.5 Å². The summed E-state index contributed by atoms with van der Waals surface area (Å²) < 4.78 is 24.2. The van der Waals surface area contributed by atoms with Gasteiger partial charge in [0.15, 0.2) is 11.5 Å². The summed E-state index contributed by atoms with van der Waals surface area (Å²) in [5.74, 6) is 0.931. The molecule has 0 bridgehead atoms. The molecule has 1 aliphatic rings. The molecule has 1 amide bonds. The number of nitrogens with zero attached hydrogens (tertiary/aromatic N) is 1. The third-order valence-electron chi connectivity index (χ3n) is 5.26. The zero-order valence-corrected chi connectivity index (χ0v) is 15.5. The number of benzene rings is 2. The van der Waals surface area contributed by atoms with Crippen LogP contribution in [-0.2, 0) is 6.42 Å². The summed E-state index contributed by atoms with van der Waals surface area (Å²) in [5, 5.41) is 0.690. The van der Waals surface area contributed by atoms with Gasteiger partial charge in [0, 0.05) is 17.4 Å². The average molecular weight is 368 g/mol. The fourth-order valence-electron chi connectivity index (χ4n) is 3.80. The zero-order chi connectivity index (χ0) is 19.1. The molecule has 1 aliphatic heterocycles. The van der Waals surface area contributed by atoms with Crippen molar-refractivity contribution in [1.29, 1.82) is 0 Å². The van der Waals surface area contributed by atoms with Gasteiger partial charge in [0.2, 0.25) is 0 Å². The Balaban J connectivity index is 1.67. The molecule has 4 rings (SSSR count). The predicted octanol–water partition coefficient (Wildman–Crippen LogP) is 4.08. The Morgan fingerprint density at radius 3 is 2.63 bits per heavy atom. The minimum Gasteiger partial charge on any atom is -0.493 e. The van der Waals surface area contributed by atoms with Crippen molar-refractivity contribution in [2.75, 3.05) is 20.8 Å². The van der Waals surface area contributed by atoms with E-state index in [-0.39, 0.29) is 17.8 Å². The summed E-state index contributed by atoms with van der Waals surface area (Å²) in [5.41, 5.74) is 3.42. The fourth-order valence-corrected chi connectivity index (χ4v) is 3.80. The first-order chi connectivity index (χ1) is 13.0. The zero-order valence-electron chi connectivity index (χ0n) is 15.5. The summed E-state index contributed by atoms with van der Waals surface area (Å²) in [4.78, 5) is 18.0. The minimum atomic E-state index is -0.318. The van der Waals surface area contributed by atoms with E-state index in [1.807, 2.05) is 24.0 Å². The molecule has 0 saturated heterocycles. The third-order valence-corrected chi connectivity index (χ3v) is 5.26. The normalized spacial score (nSPS) is 16.3. The van der Waals surface area contributed by atoms with Gasteiger partial charge in [-0.1, -0.05) is 0 Å². The van der Waals surface area contributed by atoms with E-state index in [1.54, 1.807) is 26.4 Å². The van der Waals surface area contributed by atoms with Crippen molar-refractivity contribution in [2.45, 2.75) is 19.4 Å². The average Bonchev–Trinajstić information content (AvgIpc) is 3.10. The second kappa shape index (κ2) is 6.61. The monoisotopic (exact) mass is 368 g/mol. The second-order valence-corrected chi connectivity index (χ2v) is 6.75.